The third-order valence-corrected chi connectivity index (χ3v) is 7.41. The van der Waals surface area contributed by atoms with E-state index in [1.54, 1.807) is 18.5 Å². The number of aromatic nitrogens is 1. The predicted molar refractivity (Wildman–Crippen MR) is 127 cm³/mol. The van der Waals surface area contributed by atoms with Crippen molar-refractivity contribution in [3.63, 3.8) is 0 Å². The van der Waals surface area contributed by atoms with E-state index >= 15 is 0 Å². The predicted octanol–water partition coefficient (Wildman–Crippen LogP) is 3.90. The van der Waals surface area contributed by atoms with Gasteiger partial charge in [0.25, 0.3) is 11.5 Å². The first-order valence-electron chi connectivity index (χ1n) is 10.4. The number of thiocarbonyl (C=S) groups is 1. The molecule has 6 nitrogen and oxygen atoms in total. The minimum absolute atomic E-state index is 0.146. The van der Waals surface area contributed by atoms with Gasteiger partial charge in [-0.2, -0.15) is 5.26 Å². The number of carbonyl (C=O) groups is 1. The van der Waals surface area contributed by atoms with E-state index in [0.717, 1.165) is 50.2 Å². The lowest BCUT2D eigenvalue weighted by Gasteiger charge is -2.35. The largest absolute Gasteiger partial charge is 0.357 e. The van der Waals surface area contributed by atoms with Crippen LogP contribution in [0.2, 0.25) is 0 Å². The van der Waals surface area contributed by atoms with E-state index in [1.807, 2.05) is 6.08 Å². The number of hydrogen-bond donors (Lipinski definition) is 0. The normalized spacial score (nSPS) is 19.1. The molecular formula is C22H28N4O2S2. The van der Waals surface area contributed by atoms with Crippen molar-refractivity contribution < 1.29 is 4.79 Å². The Morgan fingerprint density at radius 2 is 1.97 bits per heavy atom. The van der Waals surface area contributed by atoms with Crippen LogP contribution >= 0.6 is 24.0 Å². The Kier molecular flexibility index (Phi) is 7.04. The summed E-state index contributed by atoms with van der Waals surface area (Å²) in [5, 5.41) is 9.71. The maximum atomic E-state index is 13.2. The highest BCUT2D eigenvalue weighted by molar-refractivity contribution is 8.26. The number of amides is 1. The summed E-state index contributed by atoms with van der Waals surface area (Å²) in [6.45, 7) is 8.40. The van der Waals surface area contributed by atoms with Gasteiger partial charge >= 0.3 is 0 Å². The van der Waals surface area contributed by atoms with Gasteiger partial charge in [-0.15, -0.1) is 0 Å². The molecule has 0 atom stereocenters. The molecule has 30 heavy (non-hydrogen) atoms. The van der Waals surface area contributed by atoms with Gasteiger partial charge < -0.3 is 4.90 Å². The first kappa shape index (κ1) is 22.6. The second-order valence-electron chi connectivity index (χ2n) is 8.07. The van der Waals surface area contributed by atoms with Crippen LogP contribution in [0, 0.1) is 24.2 Å². The molecule has 0 aliphatic carbocycles. The second kappa shape index (κ2) is 9.36. The maximum absolute atomic E-state index is 13.2. The molecule has 1 amide bonds. The average Bonchev–Trinajstić information content (AvgIpc) is 2.97. The highest BCUT2D eigenvalue weighted by atomic mass is 32.2. The van der Waals surface area contributed by atoms with E-state index in [4.69, 9.17) is 12.2 Å². The molecule has 0 N–H and O–H groups in total. The molecular weight excluding hydrogens is 416 g/mol. The maximum Gasteiger partial charge on any atom is 0.270 e. The molecule has 2 aliphatic rings. The molecule has 2 fully saturated rings. The highest BCUT2D eigenvalue weighted by Gasteiger charge is 2.31. The quantitative estimate of drug-likeness (QED) is 0.507. The fraction of sp³-hybridized carbons (Fsp3) is 0.545. The average molecular weight is 445 g/mol. The first-order valence-corrected chi connectivity index (χ1v) is 11.7. The van der Waals surface area contributed by atoms with Crippen LogP contribution in [-0.4, -0.2) is 39.8 Å². The number of piperidine rings is 1. The molecule has 3 rings (SSSR count). The fourth-order valence-corrected chi connectivity index (χ4v) is 5.07. The number of likely N-dealkylation sites (N-methyl/N-ethyl adjacent to an activating group) is 1. The molecule has 1 aromatic rings. The van der Waals surface area contributed by atoms with Crippen molar-refractivity contribution in [2.75, 3.05) is 25.0 Å². The van der Waals surface area contributed by atoms with Crippen LogP contribution in [0.15, 0.2) is 9.70 Å². The van der Waals surface area contributed by atoms with Crippen molar-refractivity contribution in [3.8, 4) is 6.07 Å². The van der Waals surface area contributed by atoms with Gasteiger partial charge in [-0.1, -0.05) is 44.2 Å². The Hall–Kier alpha value is -2.11. The zero-order valence-corrected chi connectivity index (χ0v) is 19.7. The minimum Gasteiger partial charge on any atom is -0.357 e. The summed E-state index contributed by atoms with van der Waals surface area (Å²) in [6, 6.07) is 2.10. The smallest absolute Gasteiger partial charge is 0.270 e. The number of thioether (sulfide) groups is 1. The summed E-state index contributed by atoms with van der Waals surface area (Å²) in [5.41, 5.74) is 1.33. The van der Waals surface area contributed by atoms with Gasteiger partial charge in [0, 0.05) is 32.2 Å². The van der Waals surface area contributed by atoms with Crippen LogP contribution in [-0.2, 0) is 11.3 Å². The van der Waals surface area contributed by atoms with Crippen molar-refractivity contribution in [1.82, 2.24) is 9.47 Å². The van der Waals surface area contributed by atoms with E-state index in [1.165, 1.54) is 16.7 Å². The molecule has 0 radical (unpaired) electrons. The van der Waals surface area contributed by atoms with Crippen molar-refractivity contribution in [2.24, 2.45) is 5.92 Å². The van der Waals surface area contributed by atoms with Crippen molar-refractivity contribution >= 4 is 46.1 Å². The second-order valence-corrected chi connectivity index (χ2v) is 9.75. The topological polar surface area (TPSA) is 69.3 Å². The van der Waals surface area contributed by atoms with Gasteiger partial charge in [0.15, 0.2) is 0 Å². The summed E-state index contributed by atoms with van der Waals surface area (Å²) in [6.07, 6.45) is 5.73. The Bertz CT molecular complexity index is 998. The SMILES string of the molecule is CCCCn1c(N2CCC(C)CC2)c(/C=C2\SC(=S)N(C)C2=O)c(C)c(C#N)c1=O. The Labute approximate surface area is 187 Å². The van der Waals surface area contributed by atoms with Gasteiger partial charge in [0.05, 0.1) is 4.91 Å². The minimum atomic E-state index is -0.239. The van der Waals surface area contributed by atoms with E-state index in [9.17, 15) is 14.9 Å². The third-order valence-electron chi connectivity index (χ3n) is 5.93. The Morgan fingerprint density at radius 1 is 1.30 bits per heavy atom. The molecule has 3 heterocycles. The molecule has 0 bridgehead atoms. The molecule has 2 saturated heterocycles. The van der Waals surface area contributed by atoms with E-state index in [-0.39, 0.29) is 17.0 Å². The van der Waals surface area contributed by atoms with E-state index < -0.39 is 0 Å². The van der Waals surface area contributed by atoms with Gasteiger partial charge in [-0.05, 0) is 43.7 Å². The van der Waals surface area contributed by atoms with Crippen molar-refractivity contribution in [1.29, 1.82) is 5.26 Å². The van der Waals surface area contributed by atoms with Crippen molar-refractivity contribution in [2.45, 2.75) is 53.0 Å². The zero-order valence-electron chi connectivity index (χ0n) is 18.0. The molecule has 160 valence electrons. The van der Waals surface area contributed by atoms with Crippen LogP contribution in [0.3, 0.4) is 0 Å². The molecule has 0 spiro atoms. The number of nitrogens with zero attached hydrogens (tertiary/aromatic N) is 4. The number of pyridine rings is 1. The number of unbranched alkanes of at least 4 members (excludes halogenated alkanes) is 1. The first-order chi connectivity index (χ1) is 14.3. The Balaban J connectivity index is 2.25. The van der Waals surface area contributed by atoms with Gasteiger partial charge in [-0.3, -0.25) is 19.1 Å². The van der Waals surface area contributed by atoms with Crippen molar-refractivity contribution in [3.05, 3.63) is 31.9 Å². The summed E-state index contributed by atoms with van der Waals surface area (Å²) in [4.78, 5) is 30.1. The van der Waals surface area contributed by atoms with E-state index in [2.05, 4.69) is 24.8 Å². The number of rotatable bonds is 5. The number of anilines is 1. The van der Waals surface area contributed by atoms with Crippen LogP contribution in [0.5, 0.6) is 0 Å². The van der Waals surface area contributed by atoms with Crippen LogP contribution < -0.4 is 10.5 Å². The number of nitriles is 1. The fourth-order valence-electron chi connectivity index (χ4n) is 3.91. The highest BCUT2D eigenvalue weighted by Crippen LogP contribution is 2.36. The third kappa shape index (κ3) is 4.19. The molecule has 0 aromatic carbocycles. The van der Waals surface area contributed by atoms with Crippen LogP contribution in [0.4, 0.5) is 5.82 Å². The Morgan fingerprint density at radius 3 is 2.50 bits per heavy atom. The van der Waals surface area contributed by atoms with Gasteiger partial charge in [-0.25, -0.2) is 0 Å². The molecule has 1 aromatic heterocycles. The lowest BCUT2D eigenvalue weighted by atomic mass is 9.97. The standard InChI is InChI=1S/C22H28N4O2S2/c1-5-6-9-26-19(25-10-7-14(2)8-11-25)16(15(3)17(13-23)20(26)27)12-18-21(28)24(4)22(29)30-18/h12,14H,5-11H2,1-4H3/b18-12-. The van der Waals surface area contributed by atoms with Gasteiger partial charge in [0.1, 0.15) is 21.8 Å². The summed E-state index contributed by atoms with van der Waals surface area (Å²) in [7, 11) is 1.67. The molecule has 8 heteroatoms. The summed E-state index contributed by atoms with van der Waals surface area (Å²) in [5.74, 6) is 1.34. The molecule has 2 aliphatic heterocycles. The lowest BCUT2D eigenvalue weighted by molar-refractivity contribution is -0.121. The van der Waals surface area contributed by atoms with E-state index in [0.29, 0.717) is 27.3 Å². The monoisotopic (exact) mass is 444 g/mol. The lowest BCUT2D eigenvalue weighted by Crippen LogP contribution is -2.39. The van der Waals surface area contributed by atoms with Crippen LogP contribution in [0.1, 0.15) is 56.2 Å². The summed E-state index contributed by atoms with van der Waals surface area (Å²) < 4.78 is 2.26. The zero-order chi connectivity index (χ0) is 22.0. The molecule has 0 unspecified atom stereocenters. The van der Waals surface area contributed by atoms with Gasteiger partial charge in [0.2, 0.25) is 0 Å². The number of hydrogen-bond acceptors (Lipinski definition) is 6. The summed E-state index contributed by atoms with van der Waals surface area (Å²) >= 11 is 6.54. The van der Waals surface area contributed by atoms with Crippen LogP contribution in [0.25, 0.3) is 6.08 Å². The molecule has 0 saturated carbocycles. The number of carbonyl (C=O) groups excluding carboxylic acids is 1.